The zero-order chi connectivity index (χ0) is 96.8. The van der Waals surface area contributed by atoms with Crippen molar-refractivity contribution in [3.05, 3.63) is 0 Å². The Morgan fingerprint density at radius 2 is 0.562 bits per heavy atom. The Morgan fingerprint density at radius 3 is 0.846 bits per heavy atom. The first kappa shape index (κ1) is 113. The lowest BCUT2D eigenvalue weighted by molar-refractivity contribution is -0.277. The molecular formula is C84H134N10O36. The zero-order valence-corrected chi connectivity index (χ0v) is 76.4. The molecule has 9 amide bonds. The van der Waals surface area contributed by atoms with Crippen LogP contribution in [0.15, 0.2) is 0 Å². The third-order valence-corrected chi connectivity index (χ3v) is 20.0. The molecule has 3 aliphatic rings. The summed E-state index contributed by atoms with van der Waals surface area (Å²) in [6.45, 7) is 11.3. The molecule has 3 fully saturated rings. The summed E-state index contributed by atoms with van der Waals surface area (Å²) in [6.07, 6.45) is -10.2. The van der Waals surface area contributed by atoms with Gasteiger partial charge < -0.3 is 129 Å². The number of Topliss-reactive ketones (excluding diaryl/α,β-unsaturated/α-hetero) is 1. The van der Waals surface area contributed by atoms with E-state index in [1.807, 2.05) is 0 Å². The van der Waals surface area contributed by atoms with Crippen LogP contribution in [0.25, 0.3) is 0 Å². The number of carbonyl (C=O) groups is 20. The van der Waals surface area contributed by atoms with Gasteiger partial charge in [-0.25, -0.2) is 0 Å². The van der Waals surface area contributed by atoms with Gasteiger partial charge in [0, 0.05) is 153 Å². The second-order valence-electron chi connectivity index (χ2n) is 31.5. The minimum Gasteiger partial charge on any atom is -0.481 e. The van der Waals surface area contributed by atoms with E-state index in [0.29, 0.717) is 25.7 Å². The molecule has 3 heterocycles. The van der Waals surface area contributed by atoms with Crippen molar-refractivity contribution < 1.29 is 172 Å². The van der Waals surface area contributed by atoms with E-state index >= 15 is 0 Å². The normalized spacial score (nSPS) is 21.9. The number of aliphatic carboxylic acids is 1. The second-order valence-corrected chi connectivity index (χ2v) is 31.5. The van der Waals surface area contributed by atoms with Crippen molar-refractivity contribution >= 4 is 119 Å². The number of unbranched alkanes of at least 4 members (excludes halogenated alkanes) is 8. The van der Waals surface area contributed by atoms with Crippen molar-refractivity contribution in [3.63, 3.8) is 0 Å². The van der Waals surface area contributed by atoms with Crippen molar-refractivity contribution in [2.75, 3.05) is 85.5 Å². The summed E-state index contributed by atoms with van der Waals surface area (Å²) < 4.78 is 83.8. The molecule has 3 rings (SSSR count). The standard InChI is InChI=1S/C84H134N10O36/c1-49(95)91-72-78(125-58(10)104)75(122-55(7)101)62(46-119-52(4)98)128-81(72)116-42-30-67(110)88-37-22-36-85-45-61(107)27-33-84(94-70(113)25-20-18-16-14-13-15-17-19-21-26-71(114)115,34-28-65(108)86-38-23-40-89-68(111)31-43-117-82-73(92-50(2)96)79(126-59(11)105)76(123-56(8)102)63(129-82)47-120-53(5)99)35-29-66(109)87-39-24-41-90-69(112)32-44-118-83-74(93-51(3)97)80(127-60(12)106)77(124-57(9)103)64(130-83)48-121-54(6)100/h62-64,72-83,85H,13-48H2,1-12H3,(H,86,108)(H,87,109)(H,88,110)(H,89,111)(H,90,112)(H,91,95)(H,92,96)(H,93,97)(H,94,113)(H,114,115)/t62?,63?,64?,72?,73?,74?,75-,76-,77?,78?,79?,80?,81+,82+,83+,84?/m0/s1. The molecular weight excluding hydrogens is 1720 g/mol. The van der Waals surface area contributed by atoms with Crippen LogP contribution in [-0.4, -0.2) is 307 Å². The Bertz CT molecular complexity index is 3580. The summed E-state index contributed by atoms with van der Waals surface area (Å²) in [5.74, 6) is -13.0. The number of rotatable bonds is 63. The number of carboxylic acid groups (broad SMARTS) is 1. The fraction of sp³-hybridized carbons (Fsp3) is 0.762. The first-order chi connectivity index (χ1) is 61.6. The lowest BCUT2D eigenvalue weighted by Crippen LogP contribution is -2.66. The maximum absolute atomic E-state index is 14.2. The Labute approximate surface area is 754 Å². The third-order valence-electron chi connectivity index (χ3n) is 20.0. The van der Waals surface area contributed by atoms with Crippen LogP contribution in [0.1, 0.15) is 231 Å². The van der Waals surface area contributed by atoms with E-state index in [1.54, 1.807) is 0 Å². The fourth-order valence-corrected chi connectivity index (χ4v) is 14.2. The number of hydrogen-bond donors (Lipinski definition) is 11. The molecule has 3 saturated heterocycles. The summed E-state index contributed by atoms with van der Waals surface area (Å²) in [5, 5.41) is 36.7. The van der Waals surface area contributed by atoms with Gasteiger partial charge >= 0.3 is 59.7 Å². The van der Waals surface area contributed by atoms with Crippen molar-refractivity contribution in [2.45, 2.75) is 328 Å². The number of esters is 9. The van der Waals surface area contributed by atoms with Gasteiger partial charge in [0.05, 0.1) is 45.6 Å². The quantitative estimate of drug-likeness (QED) is 0.0211. The van der Waals surface area contributed by atoms with E-state index in [4.69, 9.17) is 76.2 Å². The molecule has 0 aromatic heterocycles. The van der Waals surface area contributed by atoms with E-state index < -0.39 is 230 Å². The number of nitrogens with one attached hydrogen (secondary N) is 10. The van der Waals surface area contributed by atoms with E-state index in [9.17, 15) is 95.9 Å². The molecule has 11 N–H and O–H groups in total. The number of carboxylic acids is 1. The fourth-order valence-electron chi connectivity index (χ4n) is 14.2. The molecule has 11 unspecified atom stereocenters. The van der Waals surface area contributed by atoms with Gasteiger partial charge in [-0.1, -0.05) is 44.9 Å². The van der Waals surface area contributed by atoms with Gasteiger partial charge in [0.15, 0.2) is 55.5 Å². The molecule has 46 heteroatoms. The molecule has 0 radical (unpaired) electrons. The average molecular weight is 1860 g/mol. The number of carbonyl (C=O) groups excluding carboxylic acids is 19. The summed E-state index contributed by atoms with van der Waals surface area (Å²) in [5.41, 5.74) is -1.36. The smallest absolute Gasteiger partial charge is 0.303 e. The SMILES string of the molecule is CC(=O)NC1C(OC(C)=O)C(OC(C)=O)C(COC(C)=O)O[C@H]1OCCC(=O)NCCCNC(=O)CCC(CCC(=O)CNCCCNC(=O)CCO[C@@H]1OC(COC(C)=O)[C@H](OC(C)=O)C(OC(C)=O)C1NC(C)=O)(CCC(=O)NCCCNC(=O)CCO[C@@H]1OC(COC(C)=O)[C@H](OC(C)=O)C(OC(C)=O)C1NC(C)=O)NC(=O)CCCCCCCCCCCC(=O)O. The molecule has 46 nitrogen and oxygen atoms in total. The lowest BCUT2D eigenvalue weighted by atomic mass is 9.82. The van der Waals surface area contributed by atoms with E-state index in [1.165, 1.54) is 6.92 Å². The van der Waals surface area contributed by atoms with E-state index in [-0.39, 0.29) is 155 Å². The average Bonchev–Trinajstić information content (AvgIpc) is 0.794. The molecule has 0 aromatic carbocycles. The van der Waals surface area contributed by atoms with Crippen molar-refractivity contribution in [3.8, 4) is 0 Å². The first-order valence-corrected chi connectivity index (χ1v) is 43.7. The van der Waals surface area contributed by atoms with Crippen LogP contribution in [0.5, 0.6) is 0 Å². The summed E-state index contributed by atoms with van der Waals surface area (Å²) in [6, 6.07) is -3.84. The van der Waals surface area contributed by atoms with Gasteiger partial charge in [0.25, 0.3) is 0 Å². The monoisotopic (exact) mass is 1860 g/mol. The minimum absolute atomic E-state index is 0.0368. The van der Waals surface area contributed by atoms with Crippen LogP contribution in [0.4, 0.5) is 0 Å². The summed E-state index contributed by atoms with van der Waals surface area (Å²) in [4.78, 5) is 253. The van der Waals surface area contributed by atoms with Crippen molar-refractivity contribution in [2.24, 2.45) is 0 Å². The van der Waals surface area contributed by atoms with Crippen LogP contribution < -0.4 is 53.2 Å². The Hall–Kier alpha value is -10.7. The molecule has 130 heavy (non-hydrogen) atoms. The Morgan fingerprint density at radius 1 is 0.292 bits per heavy atom. The molecule has 736 valence electrons. The van der Waals surface area contributed by atoms with Crippen LogP contribution in [0.2, 0.25) is 0 Å². The van der Waals surface area contributed by atoms with Crippen LogP contribution in [0, 0.1) is 0 Å². The lowest BCUT2D eigenvalue weighted by Gasteiger charge is -2.44. The highest BCUT2D eigenvalue weighted by Crippen LogP contribution is 2.33. The van der Waals surface area contributed by atoms with Gasteiger partial charge in [0.1, 0.15) is 62.0 Å². The van der Waals surface area contributed by atoms with Crippen molar-refractivity contribution in [1.82, 2.24) is 53.2 Å². The highest BCUT2D eigenvalue weighted by atomic mass is 16.7. The Kier molecular flexibility index (Phi) is 54.6. The summed E-state index contributed by atoms with van der Waals surface area (Å²) in [7, 11) is 0. The van der Waals surface area contributed by atoms with E-state index in [2.05, 4.69) is 53.2 Å². The molecule has 3 aliphatic heterocycles. The van der Waals surface area contributed by atoms with Gasteiger partial charge in [-0.15, -0.1) is 0 Å². The van der Waals surface area contributed by atoms with Crippen molar-refractivity contribution in [1.29, 1.82) is 0 Å². The molecule has 0 aliphatic carbocycles. The van der Waals surface area contributed by atoms with Gasteiger partial charge in [0.2, 0.25) is 53.2 Å². The molecule has 0 bridgehead atoms. The molecule has 0 saturated carbocycles. The van der Waals surface area contributed by atoms with Crippen LogP contribution in [0.3, 0.4) is 0 Å². The summed E-state index contributed by atoms with van der Waals surface area (Å²) >= 11 is 0. The molecule has 0 spiro atoms. The highest BCUT2D eigenvalue weighted by Gasteiger charge is 2.55. The number of hydrogen-bond acceptors (Lipinski definition) is 36. The predicted molar refractivity (Wildman–Crippen MR) is 448 cm³/mol. The van der Waals surface area contributed by atoms with Gasteiger partial charge in [-0.2, -0.15) is 0 Å². The van der Waals surface area contributed by atoms with E-state index in [0.717, 1.165) is 115 Å². The number of ether oxygens (including phenoxy) is 15. The maximum atomic E-state index is 14.2. The second kappa shape index (κ2) is 62.6. The van der Waals surface area contributed by atoms with Crippen LogP contribution >= 0.6 is 0 Å². The number of amides is 9. The minimum atomic E-state index is -1.43. The topological polar surface area (TPSA) is 620 Å². The molecule has 0 aromatic rings. The molecule has 16 atom stereocenters. The predicted octanol–water partition coefficient (Wildman–Crippen LogP) is -0.344. The Balaban J connectivity index is 1.80. The largest absolute Gasteiger partial charge is 0.481 e. The number of ketones is 1. The first-order valence-electron chi connectivity index (χ1n) is 43.7. The van der Waals surface area contributed by atoms with Crippen LogP contribution in [-0.2, 0) is 167 Å². The maximum Gasteiger partial charge on any atom is 0.303 e. The van der Waals surface area contributed by atoms with Gasteiger partial charge in [-0.3, -0.25) is 95.9 Å². The highest BCUT2D eigenvalue weighted by molar-refractivity contribution is 5.83. The zero-order valence-electron chi connectivity index (χ0n) is 76.4. The van der Waals surface area contributed by atoms with Gasteiger partial charge in [-0.05, 0) is 57.9 Å². The third kappa shape index (κ3) is 48.8.